The standard InChI is InChI=1S/C12H14N4O4/c1-16-5-4-8(10(16)17)15-12(20)14-7-2-3-9(11(18)19)13-6-7/h2-3,6,8H,4-5H2,1H3,(H,18,19)(H2,14,15,20). The van der Waals surface area contributed by atoms with Gasteiger partial charge in [0.05, 0.1) is 11.9 Å². The highest BCUT2D eigenvalue weighted by molar-refractivity contribution is 5.94. The van der Waals surface area contributed by atoms with Gasteiger partial charge in [0.15, 0.2) is 0 Å². The Hall–Kier alpha value is -2.64. The number of aromatic carboxylic acids is 1. The van der Waals surface area contributed by atoms with E-state index in [1.165, 1.54) is 18.3 Å². The van der Waals surface area contributed by atoms with Gasteiger partial charge in [-0.3, -0.25) is 4.79 Å². The van der Waals surface area contributed by atoms with Gasteiger partial charge in [-0.25, -0.2) is 14.6 Å². The van der Waals surface area contributed by atoms with E-state index in [2.05, 4.69) is 15.6 Å². The van der Waals surface area contributed by atoms with Crippen LogP contribution in [0, 0.1) is 0 Å². The van der Waals surface area contributed by atoms with Crippen molar-refractivity contribution in [2.45, 2.75) is 12.5 Å². The second-order valence-electron chi connectivity index (χ2n) is 4.44. The highest BCUT2D eigenvalue weighted by atomic mass is 16.4. The molecule has 1 aliphatic heterocycles. The van der Waals surface area contributed by atoms with Crippen molar-refractivity contribution < 1.29 is 19.5 Å². The fourth-order valence-electron chi connectivity index (χ4n) is 1.88. The average molecular weight is 278 g/mol. The van der Waals surface area contributed by atoms with Gasteiger partial charge >= 0.3 is 12.0 Å². The highest BCUT2D eigenvalue weighted by Crippen LogP contribution is 2.10. The number of aromatic nitrogens is 1. The summed E-state index contributed by atoms with van der Waals surface area (Å²) >= 11 is 0. The molecule has 1 aromatic heterocycles. The number of carboxylic acid groups (broad SMARTS) is 1. The molecule has 8 heteroatoms. The number of urea groups is 1. The fraction of sp³-hybridized carbons (Fsp3) is 0.333. The molecule has 1 fully saturated rings. The molecule has 0 spiro atoms. The molecule has 2 rings (SSSR count). The molecule has 3 amide bonds. The number of pyridine rings is 1. The summed E-state index contributed by atoms with van der Waals surface area (Å²) in [6.45, 7) is 0.610. The van der Waals surface area contributed by atoms with E-state index in [1.807, 2.05) is 0 Å². The number of nitrogens with zero attached hydrogens (tertiary/aromatic N) is 2. The lowest BCUT2D eigenvalue weighted by Gasteiger charge is -2.13. The van der Waals surface area contributed by atoms with Crippen LogP contribution in [-0.2, 0) is 4.79 Å². The van der Waals surface area contributed by atoms with Gasteiger partial charge in [-0.1, -0.05) is 0 Å². The Labute approximate surface area is 114 Å². The maximum Gasteiger partial charge on any atom is 0.354 e. The number of anilines is 1. The van der Waals surface area contributed by atoms with Crippen LogP contribution in [0.5, 0.6) is 0 Å². The molecule has 106 valence electrons. The quantitative estimate of drug-likeness (QED) is 0.727. The summed E-state index contributed by atoms with van der Waals surface area (Å²) in [7, 11) is 1.68. The number of carbonyl (C=O) groups is 3. The van der Waals surface area contributed by atoms with Gasteiger partial charge in [0.2, 0.25) is 5.91 Å². The molecule has 8 nitrogen and oxygen atoms in total. The molecular formula is C12H14N4O4. The molecule has 1 atom stereocenters. The summed E-state index contributed by atoms with van der Waals surface area (Å²) in [5.41, 5.74) is 0.245. The third-order valence-corrected chi connectivity index (χ3v) is 2.97. The summed E-state index contributed by atoms with van der Waals surface area (Å²) in [4.78, 5) is 39.2. The van der Waals surface area contributed by atoms with Gasteiger partial charge in [-0.15, -0.1) is 0 Å². The minimum Gasteiger partial charge on any atom is -0.477 e. The monoisotopic (exact) mass is 278 g/mol. The van der Waals surface area contributed by atoms with Gasteiger partial charge in [0.25, 0.3) is 0 Å². The summed E-state index contributed by atoms with van der Waals surface area (Å²) in [5.74, 6) is -1.26. The number of rotatable bonds is 3. The van der Waals surface area contributed by atoms with E-state index in [0.29, 0.717) is 18.7 Å². The average Bonchev–Trinajstić information content (AvgIpc) is 2.71. The first-order valence-corrected chi connectivity index (χ1v) is 5.99. The minimum atomic E-state index is -1.14. The molecule has 1 aromatic rings. The van der Waals surface area contributed by atoms with Crippen LogP contribution in [0.4, 0.5) is 10.5 Å². The molecule has 0 saturated carbocycles. The van der Waals surface area contributed by atoms with Gasteiger partial charge in [0.1, 0.15) is 11.7 Å². The predicted octanol–water partition coefficient (Wildman–Crippen LogP) is 0.132. The van der Waals surface area contributed by atoms with Crippen LogP contribution in [0.3, 0.4) is 0 Å². The summed E-state index contributed by atoms with van der Waals surface area (Å²) in [6.07, 6.45) is 1.81. The number of hydrogen-bond donors (Lipinski definition) is 3. The van der Waals surface area contributed by atoms with Crippen molar-refractivity contribution in [1.29, 1.82) is 0 Å². The molecular weight excluding hydrogens is 264 g/mol. The van der Waals surface area contributed by atoms with Crippen molar-refractivity contribution in [3.05, 3.63) is 24.0 Å². The lowest BCUT2D eigenvalue weighted by Crippen LogP contribution is -2.42. The van der Waals surface area contributed by atoms with Crippen molar-refractivity contribution in [1.82, 2.24) is 15.2 Å². The van der Waals surface area contributed by atoms with Crippen LogP contribution in [0.1, 0.15) is 16.9 Å². The summed E-state index contributed by atoms with van der Waals surface area (Å²) < 4.78 is 0. The van der Waals surface area contributed by atoms with Crippen molar-refractivity contribution in [3.8, 4) is 0 Å². The largest absolute Gasteiger partial charge is 0.477 e. The molecule has 20 heavy (non-hydrogen) atoms. The molecule has 1 saturated heterocycles. The Balaban J connectivity index is 1.91. The number of likely N-dealkylation sites (tertiary alicyclic amines) is 1. The fourth-order valence-corrected chi connectivity index (χ4v) is 1.88. The van der Waals surface area contributed by atoms with E-state index in [4.69, 9.17) is 5.11 Å². The van der Waals surface area contributed by atoms with E-state index >= 15 is 0 Å². The van der Waals surface area contributed by atoms with Gasteiger partial charge in [-0.2, -0.15) is 0 Å². The number of carbonyl (C=O) groups excluding carboxylic acids is 2. The number of hydrogen-bond acceptors (Lipinski definition) is 4. The molecule has 1 aliphatic rings. The zero-order valence-electron chi connectivity index (χ0n) is 10.8. The van der Waals surface area contributed by atoms with Crippen LogP contribution in [0.25, 0.3) is 0 Å². The molecule has 0 aromatic carbocycles. The van der Waals surface area contributed by atoms with Crippen LogP contribution in [-0.4, -0.2) is 52.5 Å². The van der Waals surface area contributed by atoms with Crippen LogP contribution >= 0.6 is 0 Å². The predicted molar refractivity (Wildman–Crippen MR) is 69.4 cm³/mol. The number of carboxylic acids is 1. The lowest BCUT2D eigenvalue weighted by molar-refractivity contribution is -0.128. The Kier molecular flexibility index (Phi) is 3.83. The zero-order valence-corrected chi connectivity index (χ0v) is 10.8. The first kappa shape index (κ1) is 13.8. The lowest BCUT2D eigenvalue weighted by atomic mass is 10.2. The molecule has 0 bridgehead atoms. The summed E-state index contributed by atoms with van der Waals surface area (Å²) in [5, 5.41) is 13.8. The number of likely N-dealkylation sites (N-methyl/N-ethyl adjacent to an activating group) is 1. The van der Waals surface area contributed by atoms with Crippen molar-refractivity contribution in [2.24, 2.45) is 0 Å². The summed E-state index contributed by atoms with van der Waals surface area (Å²) in [6, 6.07) is 1.67. The molecule has 3 N–H and O–H groups in total. The second kappa shape index (κ2) is 5.55. The maximum atomic E-state index is 11.7. The first-order valence-electron chi connectivity index (χ1n) is 5.99. The zero-order chi connectivity index (χ0) is 14.7. The second-order valence-corrected chi connectivity index (χ2v) is 4.44. The van der Waals surface area contributed by atoms with Crippen LogP contribution < -0.4 is 10.6 Å². The molecule has 0 radical (unpaired) electrons. The Morgan fingerprint density at radius 2 is 2.20 bits per heavy atom. The van der Waals surface area contributed by atoms with E-state index in [9.17, 15) is 14.4 Å². The van der Waals surface area contributed by atoms with E-state index in [-0.39, 0.29) is 11.6 Å². The third-order valence-electron chi connectivity index (χ3n) is 2.97. The Morgan fingerprint density at radius 1 is 1.45 bits per heavy atom. The van der Waals surface area contributed by atoms with Crippen molar-refractivity contribution >= 4 is 23.6 Å². The molecule has 0 aliphatic carbocycles. The smallest absolute Gasteiger partial charge is 0.354 e. The Bertz CT molecular complexity index is 543. The van der Waals surface area contributed by atoms with Gasteiger partial charge in [0, 0.05) is 13.6 Å². The van der Waals surface area contributed by atoms with E-state index < -0.39 is 18.0 Å². The number of amides is 3. The van der Waals surface area contributed by atoms with Crippen LogP contribution in [0.2, 0.25) is 0 Å². The third kappa shape index (κ3) is 3.02. The molecule has 1 unspecified atom stereocenters. The number of nitrogens with one attached hydrogen (secondary N) is 2. The maximum absolute atomic E-state index is 11.7. The van der Waals surface area contributed by atoms with Crippen LogP contribution in [0.15, 0.2) is 18.3 Å². The topological polar surface area (TPSA) is 112 Å². The van der Waals surface area contributed by atoms with Gasteiger partial charge in [-0.05, 0) is 18.6 Å². The molecule has 2 heterocycles. The SMILES string of the molecule is CN1CCC(NC(=O)Nc2ccc(C(=O)O)nc2)C1=O. The van der Waals surface area contributed by atoms with Crippen molar-refractivity contribution in [2.75, 3.05) is 18.9 Å². The first-order chi connectivity index (χ1) is 9.47. The normalized spacial score (nSPS) is 17.9. The Morgan fingerprint density at radius 3 is 2.70 bits per heavy atom. The minimum absolute atomic E-state index is 0.108. The van der Waals surface area contributed by atoms with Crippen molar-refractivity contribution in [3.63, 3.8) is 0 Å². The van der Waals surface area contributed by atoms with E-state index in [1.54, 1.807) is 11.9 Å². The highest BCUT2D eigenvalue weighted by Gasteiger charge is 2.30. The van der Waals surface area contributed by atoms with E-state index in [0.717, 1.165) is 0 Å². The van der Waals surface area contributed by atoms with Gasteiger partial charge < -0.3 is 20.6 Å².